The molecule has 3 rings (SSSR count). The van der Waals surface area contributed by atoms with E-state index in [2.05, 4.69) is 22.2 Å². The van der Waals surface area contributed by atoms with Gasteiger partial charge in [-0.2, -0.15) is 0 Å². The van der Waals surface area contributed by atoms with E-state index in [4.69, 9.17) is 4.74 Å². The van der Waals surface area contributed by atoms with Gasteiger partial charge < -0.3 is 10.1 Å². The highest BCUT2D eigenvalue weighted by Gasteiger charge is 2.23. The molecule has 2 aliphatic rings. The first-order chi connectivity index (χ1) is 10.2. The third kappa shape index (κ3) is 4.16. The summed E-state index contributed by atoms with van der Waals surface area (Å²) in [4.78, 5) is 8.95. The summed E-state index contributed by atoms with van der Waals surface area (Å²) in [6.45, 7) is 5.20. The van der Waals surface area contributed by atoms with Gasteiger partial charge in [-0.3, -0.25) is 0 Å². The number of aryl methyl sites for hydroxylation is 1. The molecule has 0 aliphatic heterocycles. The van der Waals surface area contributed by atoms with Gasteiger partial charge >= 0.3 is 6.01 Å². The SMILES string of the molecule is CCC1CCCC(Oc2ncc(CNC3CC3)c(C)n2)C1. The van der Waals surface area contributed by atoms with Crippen molar-refractivity contribution >= 4 is 0 Å². The number of rotatable bonds is 6. The van der Waals surface area contributed by atoms with Crippen LogP contribution in [0, 0.1) is 12.8 Å². The molecule has 1 aromatic heterocycles. The number of nitrogens with one attached hydrogen (secondary N) is 1. The first kappa shape index (κ1) is 14.8. The third-order valence-corrected chi connectivity index (χ3v) is 4.80. The zero-order valence-corrected chi connectivity index (χ0v) is 13.3. The highest BCUT2D eigenvalue weighted by atomic mass is 16.5. The lowest BCUT2D eigenvalue weighted by molar-refractivity contribution is 0.111. The first-order valence-electron chi connectivity index (χ1n) is 8.47. The maximum Gasteiger partial charge on any atom is 0.316 e. The van der Waals surface area contributed by atoms with Gasteiger partial charge in [0, 0.05) is 30.0 Å². The van der Waals surface area contributed by atoms with Gasteiger partial charge in [0.1, 0.15) is 6.10 Å². The smallest absolute Gasteiger partial charge is 0.316 e. The minimum absolute atomic E-state index is 0.304. The third-order valence-electron chi connectivity index (χ3n) is 4.80. The summed E-state index contributed by atoms with van der Waals surface area (Å²) in [6.07, 6.45) is 11.0. The maximum atomic E-state index is 6.02. The fraction of sp³-hybridized carbons (Fsp3) is 0.765. The quantitative estimate of drug-likeness (QED) is 0.872. The molecule has 1 aromatic rings. The average molecular weight is 289 g/mol. The number of nitrogens with zero attached hydrogens (tertiary/aromatic N) is 2. The van der Waals surface area contributed by atoms with Crippen LogP contribution >= 0.6 is 0 Å². The van der Waals surface area contributed by atoms with Gasteiger partial charge in [-0.1, -0.05) is 19.8 Å². The zero-order chi connectivity index (χ0) is 14.7. The van der Waals surface area contributed by atoms with E-state index in [1.807, 2.05) is 13.1 Å². The number of hydrogen-bond acceptors (Lipinski definition) is 4. The van der Waals surface area contributed by atoms with Crippen molar-refractivity contribution in [2.24, 2.45) is 5.92 Å². The van der Waals surface area contributed by atoms with Crippen LogP contribution in [0.15, 0.2) is 6.20 Å². The molecule has 2 fully saturated rings. The molecule has 0 bridgehead atoms. The van der Waals surface area contributed by atoms with Gasteiger partial charge in [0.15, 0.2) is 0 Å². The second kappa shape index (κ2) is 6.73. The molecule has 1 heterocycles. The topological polar surface area (TPSA) is 47.0 Å². The summed E-state index contributed by atoms with van der Waals surface area (Å²) < 4.78 is 6.02. The Morgan fingerprint density at radius 1 is 1.29 bits per heavy atom. The van der Waals surface area contributed by atoms with Crippen LogP contribution in [0.1, 0.15) is 63.1 Å². The van der Waals surface area contributed by atoms with E-state index in [9.17, 15) is 0 Å². The number of hydrogen-bond donors (Lipinski definition) is 1. The molecule has 2 saturated carbocycles. The van der Waals surface area contributed by atoms with E-state index >= 15 is 0 Å². The molecule has 0 radical (unpaired) electrons. The predicted octanol–water partition coefficient (Wildman–Crippen LogP) is 3.38. The summed E-state index contributed by atoms with van der Waals surface area (Å²) in [6, 6.07) is 1.28. The summed E-state index contributed by atoms with van der Waals surface area (Å²) in [7, 11) is 0. The van der Waals surface area contributed by atoms with Crippen molar-refractivity contribution in [2.75, 3.05) is 0 Å². The maximum absolute atomic E-state index is 6.02. The fourth-order valence-electron chi connectivity index (χ4n) is 3.11. The van der Waals surface area contributed by atoms with Crippen LogP contribution in [-0.2, 0) is 6.54 Å². The van der Waals surface area contributed by atoms with Crippen LogP contribution in [0.2, 0.25) is 0 Å². The van der Waals surface area contributed by atoms with Crippen molar-refractivity contribution in [3.8, 4) is 6.01 Å². The van der Waals surface area contributed by atoms with E-state index < -0.39 is 0 Å². The Hall–Kier alpha value is -1.16. The van der Waals surface area contributed by atoms with Crippen LogP contribution in [-0.4, -0.2) is 22.1 Å². The predicted molar refractivity (Wildman–Crippen MR) is 83.3 cm³/mol. The lowest BCUT2D eigenvalue weighted by atomic mass is 9.85. The largest absolute Gasteiger partial charge is 0.460 e. The van der Waals surface area contributed by atoms with Gasteiger partial charge in [0.2, 0.25) is 0 Å². The van der Waals surface area contributed by atoms with Crippen LogP contribution in [0.5, 0.6) is 6.01 Å². The Kier molecular flexibility index (Phi) is 4.73. The summed E-state index contributed by atoms with van der Waals surface area (Å²) in [5.74, 6) is 0.812. The van der Waals surface area contributed by atoms with Crippen molar-refractivity contribution in [3.05, 3.63) is 17.5 Å². The standard InChI is InChI=1S/C17H27N3O/c1-3-13-5-4-6-16(9-13)21-17-19-11-14(12(2)20-17)10-18-15-7-8-15/h11,13,15-16,18H,3-10H2,1-2H3. The van der Waals surface area contributed by atoms with E-state index in [0.29, 0.717) is 18.2 Å². The molecule has 1 N–H and O–H groups in total. The Morgan fingerprint density at radius 3 is 2.86 bits per heavy atom. The van der Waals surface area contributed by atoms with Gasteiger partial charge in [0.25, 0.3) is 0 Å². The highest BCUT2D eigenvalue weighted by Crippen LogP contribution is 2.28. The molecule has 4 heteroatoms. The molecular weight excluding hydrogens is 262 g/mol. The molecular formula is C17H27N3O. The molecule has 0 aromatic carbocycles. The average Bonchev–Trinajstić information content (AvgIpc) is 3.31. The molecule has 0 spiro atoms. The van der Waals surface area contributed by atoms with Crippen LogP contribution in [0.4, 0.5) is 0 Å². The second-order valence-corrected chi connectivity index (χ2v) is 6.60. The Balaban J connectivity index is 1.56. The van der Waals surface area contributed by atoms with Crippen molar-refractivity contribution in [1.29, 1.82) is 0 Å². The van der Waals surface area contributed by atoms with Crippen molar-refractivity contribution < 1.29 is 4.74 Å². The van der Waals surface area contributed by atoms with Gasteiger partial charge in [0.05, 0.1) is 0 Å². The van der Waals surface area contributed by atoms with Gasteiger partial charge in [-0.15, -0.1) is 0 Å². The van der Waals surface area contributed by atoms with E-state index in [-0.39, 0.29) is 0 Å². The number of aromatic nitrogens is 2. The van der Waals surface area contributed by atoms with Crippen LogP contribution < -0.4 is 10.1 Å². The van der Waals surface area contributed by atoms with Crippen molar-refractivity contribution in [2.45, 2.75) is 77.5 Å². The molecule has 2 atom stereocenters. The normalized spacial score (nSPS) is 25.8. The monoisotopic (exact) mass is 289 g/mol. The molecule has 0 amide bonds. The van der Waals surface area contributed by atoms with Crippen molar-refractivity contribution in [1.82, 2.24) is 15.3 Å². The van der Waals surface area contributed by atoms with E-state index in [1.165, 1.54) is 37.7 Å². The second-order valence-electron chi connectivity index (χ2n) is 6.60. The lowest BCUT2D eigenvalue weighted by Crippen LogP contribution is -2.26. The summed E-state index contributed by atoms with van der Waals surface area (Å²) in [5, 5.41) is 3.51. The number of ether oxygens (including phenoxy) is 1. The van der Waals surface area contributed by atoms with Crippen LogP contribution in [0.25, 0.3) is 0 Å². The summed E-state index contributed by atoms with van der Waals surface area (Å²) in [5.41, 5.74) is 2.22. The highest BCUT2D eigenvalue weighted by molar-refractivity contribution is 5.18. The Morgan fingerprint density at radius 2 is 2.14 bits per heavy atom. The van der Waals surface area contributed by atoms with Crippen molar-refractivity contribution in [3.63, 3.8) is 0 Å². The molecule has 116 valence electrons. The zero-order valence-electron chi connectivity index (χ0n) is 13.3. The van der Waals surface area contributed by atoms with Gasteiger partial charge in [-0.25, -0.2) is 9.97 Å². The van der Waals surface area contributed by atoms with Gasteiger partial charge in [-0.05, 0) is 44.9 Å². The molecule has 2 unspecified atom stereocenters. The molecule has 0 saturated heterocycles. The fourth-order valence-corrected chi connectivity index (χ4v) is 3.11. The molecule has 2 aliphatic carbocycles. The minimum Gasteiger partial charge on any atom is -0.460 e. The Labute approximate surface area is 127 Å². The minimum atomic E-state index is 0.304. The van der Waals surface area contributed by atoms with Crippen LogP contribution in [0.3, 0.4) is 0 Å². The molecule has 21 heavy (non-hydrogen) atoms. The Bertz CT molecular complexity index is 473. The van der Waals surface area contributed by atoms with E-state index in [1.54, 1.807) is 0 Å². The van der Waals surface area contributed by atoms with E-state index in [0.717, 1.165) is 31.0 Å². The molecule has 4 nitrogen and oxygen atoms in total. The first-order valence-corrected chi connectivity index (χ1v) is 8.47. The lowest BCUT2D eigenvalue weighted by Gasteiger charge is -2.28. The summed E-state index contributed by atoms with van der Waals surface area (Å²) >= 11 is 0.